The molecule has 0 aliphatic carbocycles. The molecule has 2 fully saturated rings. The van der Waals surface area contributed by atoms with E-state index in [1.165, 1.54) is 47.3 Å². The zero-order valence-corrected chi connectivity index (χ0v) is 22.2. The second-order valence-corrected chi connectivity index (χ2v) is 10.1. The van der Waals surface area contributed by atoms with E-state index >= 15 is 0 Å². The number of hydrogen-bond donors (Lipinski definition) is 8. The summed E-state index contributed by atoms with van der Waals surface area (Å²) in [5.41, 5.74) is 5.90. The first kappa shape index (κ1) is 31.2. The van der Waals surface area contributed by atoms with Crippen LogP contribution < -0.4 is 11.5 Å². The first-order valence-corrected chi connectivity index (χ1v) is 12.3. The number of aliphatic hydroxyl groups excluding tert-OH is 4. The zero-order chi connectivity index (χ0) is 31.3. The molecule has 0 spiro atoms. The SMILES string of the molecule is C#C[C@@]1(O)[C@H](O)[C@](CO)(CF)O[C@H]1n1cnc2c(N)ccnc21.C=C1N=C(N)C=CN1[C@@H]1O[C@](F)(CO)[C@@H](O)[C@@]1(C)O. The maximum atomic E-state index is 14.1. The fraction of sp³-hybridized carbons (Fsp3) is 0.480. The molecule has 15 nitrogen and oxygen atoms in total. The standard InChI is InChI=1S/C14H15FN4O4.C11H16FN3O4/c1-2-14(22)11(21)13(5-15,6-20)23-12(14)19-7-18-9-8(16)3-4-17-10(9)19;1-6-14-7(13)3-4-15(6)9-10(2,18)8(17)11(12,5-16)19-9/h1,3-4,7,11-12,20-22H,5-6H2,(H2,16,17);3-4,8-9,16-18H,1,5H2,2H3,(H2,13,14)/t11-,12-,13-,14-;8-,9+,10+,11+/m10/s1. The average Bonchev–Trinajstić information content (AvgIpc) is 3.55. The highest BCUT2D eigenvalue weighted by Crippen LogP contribution is 2.45. The van der Waals surface area contributed by atoms with Crippen LogP contribution >= 0.6 is 0 Å². The monoisotopic (exact) mass is 595 g/mol. The number of aromatic nitrogens is 3. The van der Waals surface area contributed by atoms with Crippen LogP contribution in [0.15, 0.2) is 48.3 Å². The summed E-state index contributed by atoms with van der Waals surface area (Å²) in [6, 6.07) is 1.54. The van der Waals surface area contributed by atoms with Crippen molar-refractivity contribution in [3.63, 3.8) is 0 Å². The number of nitrogens with zero attached hydrogens (tertiary/aromatic N) is 5. The minimum Gasteiger partial charge on any atom is -0.397 e. The molecule has 2 aromatic rings. The lowest BCUT2D eigenvalue weighted by molar-refractivity contribution is -0.209. The van der Waals surface area contributed by atoms with E-state index in [2.05, 4.69) is 21.5 Å². The number of halogens is 2. The lowest BCUT2D eigenvalue weighted by Gasteiger charge is -2.35. The van der Waals surface area contributed by atoms with Crippen LogP contribution in [0.2, 0.25) is 0 Å². The fourth-order valence-corrected chi connectivity index (χ4v) is 4.83. The largest absolute Gasteiger partial charge is 0.397 e. The molecule has 228 valence electrons. The predicted molar refractivity (Wildman–Crippen MR) is 142 cm³/mol. The van der Waals surface area contributed by atoms with Crippen molar-refractivity contribution in [1.82, 2.24) is 19.4 Å². The van der Waals surface area contributed by atoms with Gasteiger partial charge in [0.1, 0.15) is 48.3 Å². The van der Waals surface area contributed by atoms with Crippen LogP contribution in [0, 0.1) is 12.3 Å². The van der Waals surface area contributed by atoms with Gasteiger partial charge in [0.15, 0.2) is 29.3 Å². The van der Waals surface area contributed by atoms with E-state index < -0.39 is 67.2 Å². The number of imidazole rings is 1. The number of alkyl halides is 2. The van der Waals surface area contributed by atoms with E-state index in [1.54, 1.807) is 0 Å². The molecule has 0 radical (unpaired) electrons. The number of aliphatic imine (C=N–C) groups is 1. The number of anilines is 1. The van der Waals surface area contributed by atoms with E-state index in [0.29, 0.717) is 11.2 Å². The molecule has 5 rings (SSSR count). The molecule has 42 heavy (non-hydrogen) atoms. The third kappa shape index (κ3) is 4.67. The maximum absolute atomic E-state index is 14.1. The number of fused-ring (bicyclic) bond motifs is 1. The zero-order valence-electron chi connectivity index (χ0n) is 22.2. The summed E-state index contributed by atoms with van der Waals surface area (Å²) >= 11 is 0. The van der Waals surface area contributed by atoms with Gasteiger partial charge in [-0.1, -0.05) is 12.5 Å². The summed E-state index contributed by atoms with van der Waals surface area (Å²) < 4.78 is 39.2. The molecule has 8 atom stereocenters. The Hall–Kier alpha value is -3.73. The lowest BCUT2D eigenvalue weighted by atomic mass is 9.87. The fourth-order valence-electron chi connectivity index (χ4n) is 4.83. The van der Waals surface area contributed by atoms with Crippen molar-refractivity contribution in [3.8, 4) is 12.3 Å². The molecule has 0 saturated carbocycles. The smallest absolute Gasteiger partial charge is 0.263 e. The number of terminal acetylenes is 1. The number of pyridine rings is 1. The average molecular weight is 596 g/mol. The molecular formula is C25H31F2N7O8. The molecule has 17 heteroatoms. The number of aliphatic hydroxyl groups is 6. The van der Waals surface area contributed by atoms with E-state index in [0.717, 1.165) is 0 Å². The molecular weight excluding hydrogens is 564 g/mol. The summed E-state index contributed by atoms with van der Waals surface area (Å²) in [4.78, 5) is 13.2. The lowest BCUT2D eigenvalue weighted by Crippen LogP contribution is -2.53. The minimum atomic E-state index is -2.75. The molecule has 0 amide bonds. The number of hydrogen-bond acceptors (Lipinski definition) is 14. The molecule has 3 aliphatic rings. The summed E-state index contributed by atoms with van der Waals surface area (Å²) in [5, 5.41) is 59.3. The van der Waals surface area contributed by atoms with E-state index in [1.807, 2.05) is 5.92 Å². The van der Waals surface area contributed by atoms with Crippen LogP contribution in [0.3, 0.4) is 0 Å². The molecule has 10 N–H and O–H groups in total. The normalized spacial score (nSPS) is 37.9. The Bertz CT molecular complexity index is 1460. The summed E-state index contributed by atoms with van der Waals surface area (Å²) in [6.07, 6.45) is 4.38. The van der Waals surface area contributed by atoms with Crippen molar-refractivity contribution in [2.45, 2.75) is 54.2 Å². The maximum Gasteiger partial charge on any atom is 0.263 e. The van der Waals surface area contributed by atoms with Gasteiger partial charge in [0.25, 0.3) is 5.85 Å². The number of ether oxygens (including phenoxy) is 2. The Labute approximate surface area is 237 Å². The van der Waals surface area contributed by atoms with Crippen molar-refractivity contribution in [1.29, 1.82) is 0 Å². The molecule has 2 saturated heterocycles. The molecule has 3 aliphatic heterocycles. The Morgan fingerprint density at radius 3 is 2.38 bits per heavy atom. The second-order valence-electron chi connectivity index (χ2n) is 10.1. The number of nitrogen functional groups attached to an aromatic ring is 1. The van der Waals surface area contributed by atoms with Gasteiger partial charge >= 0.3 is 0 Å². The van der Waals surface area contributed by atoms with Crippen molar-refractivity contribution < 1.29 is 48.9 Å². The van der Waals surface area contributed by atoms with Crippen LogP contribution in [0.4, 0.5) is 14.5 Å². The third-order valence-electron chi connectivity index (χ3n) is 7.31. The van der Waals surface area contributed by atoms with Gasteiger partial charge in [-0.25, -0.2) is 23.7 Å². The van der Waals surface area contributed by atoms with Crippen molar-refractivity contribution in [2.75, 3.05) is 25.6 Å². The van der Waals surface area contributed by atoms with Crippen molar-refractivity contribution in [2.24, 2.45) is 10.7 Å². The van der Waals surface area contributed by atoms with Gasteiger partial charge in [0.2, 0.25) is 0 Å². The third-order valence-corrected chi connectivity index (χ3v) is 7.31. The van der Waals surface area contributed by atoms with Gasteiger partial charge in [-0.15, -0.1) is 6.42 Å². The molecule has 0 bridgehead atoms. The van der Waals surface area contributed by atoms with Gasteiger partial charge < -0.3 is 56.5 Å². The first-order valence-electron chi connectivity index (χ1n) is 12.3. The van der Waals surface area contributed by atoms with Gasteiger partial charge in [0.05, 0.1) is 18.6 Å². The second kappa shape index (κ2) is 10.8. The Kier molecular flexibility index (Phi) is 8.05. The van der Waals surface area contributed by atoms with Gasteiger partial charge in [-0.05, 0) is 19.1 Å². The predicted octanol–water partition coefficient (Wildman–Crippen LogP) is -2.26. The van der Waals surface area contributed by atoms with Crippen LogP contribution in [-0.2, 0) is 9.47 Å². The van der Waals surface area contributed by atoms with E-state index in [9.17, 15) is 34.3 Å². The van der Waals surface area contributed by atoms with E-state index in [-0.39, 0.29) is 17.3 Å². The topological polar surface area (TPSA) is 238 Å². The van der Waals surface area contributed by atoms with Gasteiger partial charge in [0, 0.05) is 12.4 Å². The quantitative estimate of drug-likeness (QED) is 0.171. The highest BCUT2D eigenvalue weighted by atomic mass is 19.2. The van der Waals surface area contributed by atoms with Gasteiger partial charge in [-0.3, -0.25) is 4.57 Å². The Balaban J connectivity index is 0.000000197. The van der Waals surface area contributed by atoms with Crippen LogP contribution in [-0.4, -0.2) is 117 Å². The highest BCUT2D eigenvalue weighted by Gasteiger charge is 2.65. The molecule has 2 aromatic heterocycles. The number of rotatable bonds is 5. The molecule has 0 aromatic carbocycles. The minimum absolute atomic E-state index is 0.125. The Morgan fingerprint density at radius 2 is 1.83 bits per heavy atom. The Morgan fingerprint density at radius 1 is 1.14 bits per heavy atom. The van der Waals surface area contributed by atoms with Crippen LogP contribution in [0.5, 0.6) is 0 Å². The first-order chi connectivity index (χ1) is 19.7. The number of amidine groups is 1. The molecule has 0 unspecified atom stereocenters. The highest BCUT2D eigenvalue weighted by molar-refractivity contribution is 5.92. The summed E-state index contributed by atoms with van der Waals surface area (Å²) in [5.74, 6) is -0.402. The summed E-state index contributed by atoms with van der Waals surface area (Å²) in [6.45, 7) is 1.60. The van der Waals surface area contributed by atoms with Gasteiger partial charge in [-0.2, -0.15) is 0 Å². The molecule has 5 heterocycles. The van der Waals surface area contributed by atoms with E-state index in [4.69, 9.17) is 32.5 Å². The van der Waals surface area contributed by atoms with Crippen molar-refractivity contribution in [3.05, 3.63) is 43.3 Å². The number of nitrogens with two attached hydrogens (primary N) is 2. The van der Waals surface area contributed by atoms with Crippen LogP contribution in [0.1, 0.15) is 13.2 Å². The van der Waals surface area contributed by atoms with Crippen LogP contribution in [0.25, 0.3) is 11.2 Å². The summed E-state index contributed by atoms with van der Waals surface area (Å²) in [7, 11) is 0. The van der Waals surface area contributed by atoms with Crippen molar-refractivity contribution >= 4 is 22.7 Å².